The molecule has 0 saturated carbocycles. The number of aromatic nitrogens is 1. The highest BCUT2D eigenvalue weighted by molar-refractivity contribution is 7.09. The number of hydrogen-bond acceptors (Lipinski definition) is 4. The van der Waals surface area contributed by atoms with Crippen molar-refractivity contribution in [3.8, 4) is 0 Å². The number of aliphatic imine (C=N–C) groups is 1. The summed E-state index contributed by atoms with van der Waals surface area (Å²) in [4.78, 5) is 8.82. The molecule has 0 spiro atoms. The van der Waals surface area contributed by atoms with Crippen LogP contribution in [0, 0.1) is 0 Å². The first-order valence-electron chi connectivity index (χ1n) is 8.19. The Kier molecular flexibility index (Phi) is 7.71. The van der Waals surface area contributed by atoms with E-state index in [1.54, 1.807) is 18.4 Å². The van der Waals surface area contributed by atoms with Crippen molar-refractivity contribution >= 4 is 17.3 Å². The Morgan fingerprint density at radius 2 is 2.04 bits per heavy atom. The van der Waals surface area contributed by atoms with Crippen molar-refractivity contribution < 1.29 is 4.74 Å². The molecule has 0 aliphatic rings. The van der Waals surface area contributed by atoms with Crippen LogP contribution in [-0.4, -0.2) is 31.1 Å². The van der Waals surface area contributed by atoms with Crippen LogP contribution in [0.15, 0.2) is 40.7 Å². The summed E-state index contributed by atoms with van der Waals surface area (Å²) in [5, 5.41) is 9.79. The van der Waals surface area contributed by atoms with E-state index in [0.29, 0.717) is 32.2 Å². The van der Waals surface area contributed by atoms with Gasteiger partial charge in [-0.2, -0.15) is 0 Å². The highest BCUT2D eigenvalue weighted by Gasteiger charge is 2.06. The molecule has 2 N–H and O–H groups in total. The Morgan fingerprint density at radius 3 is 2.71 bits per heavy atom. The summed E-state index contributed by atoms with van der Waals surface area (Å²) in [6.07, 6.45) is 0. The van der Waals surface area contributed by atoms with Gasteiger partial charge in [-0.1, -0.05) is 44.2 Å². The number of nitrogens with zero attached hydrogens (tertiary/aromatic N) is 2. The first kappa shape index (κ1) is 18.4. The predicted octanol–water partition coefficient (Wildman–Crippen LogP) is 3.15. The van der Waals surface area contributed by atoms with Crippen LogP contribution in [0.5, 0.6) is 0 Å². The van der Waals surface area contributed by atoms with E-state index >= 15 is 0 Å². The average molecular weight is 347 g/mol. The van der Waals surface area contributed by atoms with Crippen LogP contribution in [0.4, 0.5) is 0 Å². The third-order valence-corrected chi connectivity index (χ3v) is 4.57. The second kappa shape index (κ2) is 10.1. The summed E-state index contributed by atoms with van der Waals surface area (Å²) in [6.45, 7) is 6.96. The molecule has 5 nitrogen and oxygen atoms in total. The maximum Gasteiger partial charge on any atom is 0.191 e. The zero-order chi connectivity index (χ0) is 17.2. The van der Waals surface area contributed by atoms with E-state index in [9.17, 15) is 0 Å². The van der Waals surface area contributed by atoms with E-state index in [4.69, 9.17) is 4.74 Å². The zero-order valence-corrected chi connectivity index (χ0v) is 15.4. The minimum atomic E-state index is 0.475. The second-order valence-corrected chi connectivity index (χ2v) is 6.61. The molecule has 2 rings (SSSR count). The van der Waals surface area contributed by atoms with Crippen LogP contribution in [0.3, 0.4) is 0 Å². The van der Waals surface area contributed by atoms with Gasteiger partial charge in [0.1, 0.15) is 0 Å². The van der Waals surface area contributed by atoms with E-state index in [2.05, 4.69) is 52.0 Å². The van der Waals surface area contributed by atoms with Crippen molar-refractivity contribution in [1.29, 1.82) is 0 Å². The topological polar surface area (TPSA) is 58.5 Å². The quantitative estimate of drug-likeness (QED) is 0.438. The lowest BCUT2D eigenvalue weighted by molar-refractivity contribution is 0.125. The van der Waals surface area contributed by atoms with E-state index < -0.39 is 0 Å². The van der Waals surface area contributed by atoms with Crippen LogP contribution in [0.2, 0.25) is 0 Å². The standard InChI is InChI=1S/C18H26N4OS/c1-14(2)17-22-16(13-24-17)11-21-18(19-3)20-9-10-23-12-15-7-5-4-6-8-15/h4-8,13-14H,9-12H2,1-3H3,(H2,19,20,21). The number of ether oxygens (including phenoxy) is 1. The number of guanidine groups is 1. The van der Waals surface area contributed by atoms with Crippen LogP contribution < -0.4 is 10.6 Å². The number of hydrogen-bond donors (Lipinski definition) is 2. The molecule has 0 aliphatic heterocycles. The number of benzene rings is 1. The van der Waals surface area contributed by atoms with E-state index in [1.807, 2.05) is 18.2 Å². The Labute approximate surface area is 148 Å². The molecule has 0 saturated heterocycles. The molecule has 24 heavy (non-hydrogen) atoms. The molecule has 0 amide bonds. The van der Waals surface area contributed by atoms with Gasteiger partial charge < -0.3 is 15.4 Å². The molecule has 0 fully saturated rings. The van der Waals surface area contributed by atoms with Gasteiger partial charge in [-0.05, 0) is 5.56 Å². The molecule has 1 aromatic carbocycles. The van der Waals surface area contributed by atoms with Gasteiger partial charge >= 0.3 is 0 Å². The summed E-state index contributed by atoms with van der Waals surface area (Å²) in [5.41, 5.74) is 2.23. The van der Waals surface area contributed by atoms with Gasteiger partial charge in [0, 0.05) is 24.9 Å². The van der Waals surface area contributed by atoms with Gasteiger partial charge in [-0.25, -0.2) is 4.98 Å². The van der Waals surface area contributed by atoms with E-state index in [1.165, 1.54) is 10.6 Å². The van der Waals surface area contributed by atoms with Gasteiger partial charge in [0.15, 0.2) is 5.96 Å². The lowest BCUT2D eigenvalue weighted by Crippen LogP contribution is -2.38. The van der Waals surface area contributed by atoms with Gasteiger partial charge in [0.25, 0.3) is 0 Å². The average Bonchev–Trinajstić information content (AvgIpc) is 3.07. The Morgan fingerprint density at radius 1 is 1.25 bits per heavy atom. The van der Waals surface area contributed by atoms with Crippen molar-refractivity contribution in [3.05, 3.63) is 52.0 Å². The summed E-state index contributed by atoms with van der Waals surface area (Å²) in [6, 6.07) is 10.2. The first-order chi connectivity index (χ1) is 11.7. The highest BCUT2D eigenvalue weighted by Crippen LogP contribution is 2.18. The molecule has 6 heteroatoms. The highest BCUT2D eigenvalue weighted by atomic mass is 32.1. The van der Waals surface area contributed by atoms with Crippen LogP contribution in [0.1, 0.15) is 36.0 Å². The van der Waals surface area contributed by atoms with Crippen molar-refractivity contribution in [2.45, 2.75) is 32.9 Å². The van der Waals surface area contributed by atoms with Crippen molar-refractivity contribution in [2.75, 3.05) is 20.2 Å². The maximum absolute atomic E-state index is 5.65. The summed E-state index contributed by atoms with van der Waals surface area (Å²) in [5.74, 6) is 1.24. The van der Waals surface area contributed by atoms with E-state index in [0.717, 1.165) is 11.7 Å². The Bertz CT molecular complexity index is 625. The molecule has 130 valence electrons. The van der Waals surface area contributed by atoms with Crippen molar-refractivity contribution in [1.82, 2.24) is 15.6 Å². The van der Waals surface area contributed by atoms with Crippen LogP contribution in [-0.2, 0) is 17.9 Å². The van der Waals surface area contributed by atoms with Crippen molar-refractivity contribution in [3.63, 3.8) is 0 Å². The number of rotatable bonds is 8. The fourth-order valence-corrected chi connectivity index (χ4v) is 2.90. The van der Waals surface area contributed by atoms with Gasteiger partial charge in [-0.15, -0.1) is 11.3 Å². The van der Waals surface area contributed by atoms with Crippen LogP contribution in [0.25, 0.3) is 0 Å². The molecule has 0 radical (unpaired) electrons. The molecular weight excluding hydrogens is 320 g/mol. The number of nitrogens with one attached hydrogen (secondary N) is 2. The summed E-state index contributed by atoms with van der Waals surface area (Å²) < 4.78 is 5.65. The maximum atomic E-state index is 5.65. The molecule has 0 unspecified atom stereocenters. The monoisotopic (exact) mass is 346 g/mol. The Hall–Kier alpha value is -1.92. The smallest absolute Gasteiger partial charge is 0.191 e. The minimum absolute atomic E-state index is 0.475. The molecule has 0 aliphatic carbocycles. The van der Waals surface area contributed by atoms with E-state index in [-0.39, 0.29) is 0 Å². The second-order valence-electron chi connectivity index (χ2n) is 5.72. The number of thiazole rings is 1. The normalized spacial score (nSPS) is 11.8. The molecule has 2 aromatic rings. The minimum Gasteiger partial charge on any atom is -0.375 e. The predicted molar refractivity (Wildman–Crippen MR) is 101 cm³/mol. The lowest BCUT2D eigenvalue weighted by Gasteiger charge is -2.11. The molecule has 1 aromatic heterocycles. The Balaban J connectivity index is 1.63. The molecule has 1 heterocycles. The summed E-state index contributed by atoms with van der Waals surface area (Å²) >= 11 is 1.71. The summed E-state index contributed by atoms with van der Waals surface area (Å²) in [7, 11) is 1.76. The van der Waals surface area contributed by atoms with Crippen LogP contribution >= 0.6 is 11.3 Å². The molecule has 0 bridgehead atoms. The first-order valence-corrected chi connectivity index (χ1v) is 9.07. The van der Waals surface area contributed by atoms with Gasteiger partial charge in [0.05, 0.1) is 30.5 Å². The van der Waals surface area contributed by atoms with Gasteiger partial charge in [0.2, 0.25) is 0 Å². The molecule has 0 atom stereocenters. The van der Waals surface area contributed by atoms with Crippen molar-refractivity contribution in [2.24, 2.45) is 4.99 Å². The largest absolute Gasteiger partial charge is 0.375 e. The third-order valence-electron chi connectivity index (χ3n) is 3.37. The third kappa shape index (κ3) is 6.29. The lowest BCUT2D eigenvalue weighted by atomic mass is 10.2. The fraction of sp³-hybridized carbons (Fsp3) is 0.444. The zero-order valence-electron chi connectivity index (χ0n) is 14.6. The molecular formula is C18H26N4OS. The SMILES string of the molecule is CN=C(NCCOCc1ccccc1)NCc1csc(C(C)C)n1. The fourth-order valence-electron chi connectivity index (χ4n) is 2.07. The van der Waals surface area contributed by atoms with Gasteiger partial charge in [-0.3, -0.25) is 4.99 Å².